The quantitative estimate of drug-likeness (QED) is 0.682. The van der Waals surface area contributed by atoms with E-state index in [-0.39, 0.29) is 5.69 Å². The summed E-state index contributed by atoms with van der Waals surface area (Å²) >= 11 is 0. The number of benzene rings is 1. The summed E-state index contributed by atoms with van der Waals surface area (Å²) in [6.07, 6.45) is 3.44. The van der Waals surface area contributed by atoms with Crippen LogP contribution >= 0.6 is 0 Å². The number of carbonyl (C=O) groups is 1. The van der Waals surface area contributed by atoms with Crippen molar-refractivity contribution in [3.05, 3.63) is 47.4 Å². The summed E-state index contributed by atoms with van der Waals surface area (Å²) in [6, 6.07) is 5.99. The molecule has 0 radical (unpaired) electrons. The highest BCUT2D eigenvalue weighted by Gasteiger charge is 2.07. The first-order valence-corrected chi connectivity index (χ1v) is 7.60. The van der Waals surface area contributed by atoms with Gasteiger partial charge in [-0.15, -0.1) is 0 Å². The molecule has 0 amide bonds. The van der Waals surface area contributed by atoms with Gasteiger partial charge in [-0.2, -0.15) is 0 Å². The molecule has 0 atom stereocenters. The molecule has 2 aromatic rings. The van der Waals surface area contributed by atoms with E-state index in [1.54, 1.807) is 7.11 Å². The second kappa shape index (κ2) is 8.83. The van der Waals surface area contributed by atoms with Gasteiger partial charge in [-0.05, 0) is 18.6 Å². The van der Waals surface area contributed by atoms with Gasteiger partial charge in [0, 0.05) is 32.2 Å². The largest absolute Gasteiger partial charge is 0.493 e. The number of carboxylic acids is 1. The number of rotatable bonds is 9. The van der Waals surface area contributed by atoms with Crippen LogP contribution in [0.3, 0.4) is 0 Å². The summed E-state index contributed by atoms with van der Waals surface area (Å²) in [6.45, 7) is 3.75. The third-order valence-electron chi connectivity index (χ3n) is 3.30. The van der Waals surface area contributed by atoms with E-state index in [1.807, 2.05) is 25.1 Å². The summed E-state index contributed by atoms with van der Waals surface area (Å²) in [5.41, 5.74) is 2.02. The van der Waals surface area contributed by atoms with E-state index in [0.29, 0.717) is 25.6 Å². The van der Waals surface area contributed by atoms with Crippen molar-refractivity contribution in [2.45, 2.75) is 19.9 Å². The Bertz CT molecular complexity index is 674. The molecule has 0 unspecified atom stereocenters. The van der Waals surface area contributed by atoms with E-state index in [0.717, 1.165) is 23.3 Å². The zero-order chi connectivity index (χ0) is 17.4. The van der Waals surface area contributed by atoms with Crippen molar-refractivity contribution in [3.63, 3.8) is 0 Å². The predicted octanol–water partition coefficient (Wildman–Crippen LogP) is 2.51. The van der Waals surface area contributed by atoms with Gasteiger partial charge in [0.2, 0.25) is 0 Å². The molecule has 0 bridgehead atoms. The van der Waals surface area contributed by atoms with E-state index >= 15 is 0 Å². The molecule has 2 N–H and O–H groups in total. The Morgan fingerprint density at radius 3 is 2.75 bits per heavy atom. The minimum Gasteiger partial charge on any atom is -0.493 e. The monoisotopic (exact) mass is 331 g/mol. The lowest BCUT2D eigenvalue weighted by atomic mass is 10.1. The van der Waals surface area contributed by atoms with E-state index in [2.05, 4.69) is 15.3 Å². The topological polar surface area (TPSA) is 93.6 Å². The Balaban J connectivity index is 1.99. The molecule has 0 spiro atoms. The second-order valence-electron chi connectivity index (χ2n) is 5.25. The lowest BCUT2D eigenvalue weighted by molar-refractivity contribution is 0.0690. The van der Waals surface area contributed by atoms with Gasteiger partial charge in [0.15, 0.2) is 5.69 Å². The predicted molar refractivity (Wildman–Crippen MR) is 89.5 cm³/mol. The molecule has 128 valence electrons. The molecule has 1 aromatic heterocycles. The van der Waals surface area contributed by atoms with Gasteiger partial charge in [-0.25, -0.2) is 14.8 Å². The Morgan fingerprint density at radius 2 is 2.08 bits per heavy atom. The number of methoxy groups -OCH3 is 1. The highest BCUT2D eigenvalue weighted by atomic mass is 16.5. The molecule has 0 aliphatic heterocycles. The van der Waals surface area contributed by atoms with E-state index < -0.39 is 5.97 Å². The molecular formula is C17H21N3O4. The van der Waals surface area contributed by atoms with Crippen LogP contribution in [-0.2, 0) is 11.3 Å². The van der Waals surface area contributed by atoms with Gasteiger partial charge in [0.05, 0.1) is 19.0 Å². The molecule has 1 heterocycles. The van der Waals surface area contributed by atoms with Crippen molar-refractivity contribution in [3.8, 4) is 5.75 Å². The molecule has 7 heteroatoms. The van der Waals surface area contributed by atoms with Crippen LogP contribution in [0.5, 0.6) is 5.75 Å². The van der Waals surface area contributed by atoms with Crippen molar-refractivity contribution in [1.29, 1.82) is 0 Å². The van der Waals surface area contributed by atoms with Crippen LogP contribution in [0.1, 0.15) is 28.0 Å². The summed E-state index contributed by atoms with van der Waals surface area (Å²) < 4.78 is 10.8. The van der Waals surface area contributed by atoms with Gasteiger partial charge in [0.1, 0.15) is 11.6 Å². The maximum Gasteiger partial charge on any atom is 0.356 e. The third-order valence-corrected chi connectivity index (χ3v) is 3.30. The lowest BCUT2D eigenvalue weighted by Crippen LogP contribution is -2.08. The van der Waals surface area contributed by atoms with Crippen LogP contribution in [-0.4, -0.2) is 41.4 Å². The van der Waals surface area contributed by atoms with Gasteiger partial charge in [-0.1, -0.05) is 12.1 Å². The Kier molecular flexibility index (Phi) is 6.51. The number of carboxylic acid groups (broad SMARTS) is 1. The minimum atomic E-state index is -1.10. The van der Waals surface area contributed by atoms with Gasteiger partial charge in [-0.3, -0.25) is 0 Å². The fourth-order valence-corrected chi connectivity index (χ4v) is 2.04. The summed E-state index contributed by atoms with van der Waals surface area (Å²) in [4.78, 5) is 18.6. The van der Waals surface area contributed by atoms with E-state index in [4.69, 9.17) is 14.6 Å². The highest BCUT2D eigenvalue weighted by Crippen LogP contribution is 2.21. The van der Waals surface area contributed by atoms with Crippen LogP contribution in [0, 0.1) is 6.92 Å². The normalized spacial score (nSPS) is 10.4. The summed E-state index contributed by atoms with van der Waals surface area (Å²) in [5, 5.41) is 11.9. The number of aryl methyl sites for hydroxylation is 1. The maximum atomic E-state index is 10.8. The van der Waals surface area contributed by atoms with Crippen LogP contribution in [0.4, 0.5) is 5.82 Å². The van der Waals surface area contributed by atoms with Gasteiger partial charge < -0.3 is 19.9 Å². The Labute approximate surface area is 140 Å². The van der Waals surface area contributed by atoms with Crippen LogP contribution < -0.4 is 10.1 Å². The maximum absolute atomic E-state index is 10.8. The van der Waals surface area contributed by atoms with Crippen LogP contribution in [0.25, 0.3) is 0 Å². The van der Waals surface area contributed by atoms with Crippen molar-refractivity contribution < 1.29 is 19.4 Å². The molecule has 0 fully saturated rings. The first-order valence-electron chi connectivity index (χ1n) is 7.60. The molecule has 7 nitrogen and oxygen atoms in total. The number of nitrogens with one attached hydrogen (secondary N) is 1. The molecule has 2 rings (SSSR count). The van der Waals surface area contributed by atoms with Crippen LogP contribution in [0.2, 0.25) is 0 Å². The third kappa shape index (κ3) is 5.20. The molecule has 0 saturated carbocycles. The number of ether oxygens (including phenoxy) is 2. The van der Waals surface area contributed by atoms with E-state index in [1.165, 1.54) is 12.4 Å². The summed E-state index contributed by atoms with van der Waals surface area (Å²) in [7, 11) is 1.67. The first kappa shape index (κ1) is 17.7. The average Bonchev–Trinajstić information content (AvgIpc) is 2.58. The zero-order valence-corrected chi connectivity index (χ0v) is 13.8. The number of hydrogen-bond acceptors (Lipinski definition) is 6. The Morgan fingerprint density at radius 1 is 1.25 bits per heavy atom. The smallest absolute Gasteiger partial charge is 0.356 e. The number of nitrogens with zero attached hydrogens (tertiary/aromatic N) is 2. The molecule has 0 saturated heterocycles. The first-order chi connectivity index (χ1) is 11.6. The molecule has 0 aliphatic rings. The average molecular weight is 331 g/mol. The number of aromatic carboxylic acids is 1. The second-order valence-corrected chi connectivity index (χ2v) is 5.25. The summed E-state index contributed by atoms with van der Waals surface area (Å²) in [5.74, 6) is 0.221. The standard InChI is InChI=1S/C17H21N3O4/c1-12-4-5-13(15(8-12)24-7-3-6-23-2)9-19-16-11-18-14(10-20-16)17(21)22/h4-5,8,10-11H,3,6-7,9H2,1-2H3,(H,19,20)(H,21,22). The SMILES string of the molecule is COCCCOc1cc(C)ccc1CNc1cnc(C(=O)O)cn1. The number of hydrogen-bond donors (Lipinski definition) is 2. The van der Waals surface area contributed by atoms with Crippen molar-refractivity contribution in [2.24, 2.45) is 0 Å². The molecule has 1 aromatic carbocycles. The van der Waals surface area contributed by atoms with Crippen molar-refractivity contribution >= 4 is 11.8 Å². The molecule has 0 aliphatic carbocycles. The van der Waals surface area contributed by atoms with Crippen molar-refractivity contribution in [1.82, 2.24) is 9.97 Å². The fraction of sp³-hybridized carbons (Fsp3) is 0.353. The zero-order valence-electron chi connectivity index (χ0n) is 13.8. The number of anilines is 1. The number of aromatic nitrogens is 2. The molecular weight excluding hydrogens is 310 g/mol. The van der Waals surface area contributed by atoms with Gasteiger partial charge >= 0.3 is 5.97 Å². The Hall–Kier alpha value is -2.67. The van der Waals surface area contributed by atoms with Gasteiger partial charge in [0.25, 0.3) is 0 Å². The van der Waals surface area contributed by atoms with Crippen molar-refractivity contribution in [2.75, 3.05) is 25.6 Å². The molecule has 24 heavy (non-hydrogen) atoms. The fourth-order valence-electron chi connectivity index (χ4n) is 2.04. The minimum absolute atomic E-state index is 0.0851. The van der Waals surface area contributed by atoms with E-state index in [9.17, 15) is 4.79 Å². The lowest BCUT2D eigenvalue weighted by Gasteiger charge is -2.13. The highest BCUT2D eigenvalue weighted by molar-refractivity contribution is 5.84. The van der Waals surface area contributed by atoms with Crippen LogP contribution in [0.15, 0.2) is 30.6 Å².